The van der Waals surface area contributed by atoms with E-state index in [-0.39, 0.29) is 0 Å². The molecule has 0 bridgehead atoms. The van der Waals surface area contributed by atoms with Gasteiger partial charge in [-0.2, -0.15) is 9.94 Å². The van der Waals surface area contributed by atoms with Gasteiger partial charge in [0.2, 0.25) is 0 Å². The molecule has 0 saturated heterocycles. The Morgan fingerprint density at radius 1 is 1.50 bits per heavy atom. The lowest BCUT2D eigenvalue weighted by Crippen LogP contribution is -2.27. The van der Waals surface area contributed by atoms with Gasteiger partial charge in [-0.1, -0.05) is 12.1 Å². The number of sulfonamides is 1. The fourth-order valence-electron chi connectivity index (χ4n) is 1.39. The van der Waals surface area contributed by atoms with E-state index >= 15 is 0 Å². The summed E-state index contributed by atoms with van der Waals surface area (Å²) in [6.45, 7) is 3.65. The van der Waals surface area contributed by atoms with Gasteiger partial charge in [0.1, 0.15) is 4.21 Å². The van der Waals surface area contributed by atoms with Gasteiger partial charge in [0.25, 0.3) is 10.0 Å². The molecule has 2 aromatic heterocycles. The maximum atomic E-state index is 12.1. The SMILES string of the molecule is CCc1ccc(S(=O)(=O)NC(C)c2nn[nH]n2)s1. The molecule has 2 rings (SSSR count). The largest absolute Gasteiger partial charge is 0.250 e. The number of rotatable bonds is 5. The van der Waals surface area contributed by atoms with Crippen LogP contribution < -0.4 is 4.72 Å². The Hall–Kier alpha value is -1.32. The molecule has 9 heteroatoms. The van der Waals surface area contributed by atoms with Gasteiger partial charge in [-0.25, -0.2) is 8.42 Å². The summed E-state index contributed by atoms with van der Waals surface area (Å²) in [7, 11) is -3.53. The van der Waals surface area contributed by atoms with Crippen molar-refractivity contribution in [3.63, 3.8) is 0 Å². The highest BCUT2D eigenvalue weighted by Gasteiger charge is 2.22. The normalized spacial score (nSPS) is 13.7. The van der Waals surface area contributed by atoms with Crippen LogP contribution in [0, 0.1) is 0 Å². The molecular weight excluding hydrogens is 274 g/mol. The van der Waals surface area contributed by atoms with Gasteiger partial charge >= 0.3 is 0 Å². The fourth-order valence-corrected chi connectivity index (χ4v) is 3.90. The summed E-state index contributed by atoms with van der Waals surface area (Å²) in [5.74, 6) is 0.311. The minimum absolute atomic E-state index is 0.301. The van der Waals surface area contributed by atoms with Crippen molar-refractivity contribution < 1.29 is 8.42 Å². The van der Waals surface area contributed by atoms with Crippen LogP contribution >= 0.6 is 11.3 Å². The Balaban J connectivity index is 2.17. The molecular formula is C9H13N5O2S2. The second kappa shape index (κ2) is 5.12. The molecule has 7 nitrogen and oxygen atoms in total. The number of tetrazole rings is 1. The van der Waals surface area contributed by atoms with Crippen molar-refractivity contribution in [2.75, 3.05) is 0 Å². The number of hydrogen-bond acceptors (Lipinski definition) is 6. The highest BCUT2D eigenvalue weighted by atomic mass is 32.2. The van der Waals surface area contributed by atoms with Crippen molar-refractivity contribution in [1.82, 2.24) is 25.3 Å². The Morgan fingerprint density at radius 2 is 2.28 bits per heavy atom. The van der Waals surface area contributed by atoms with Gasteiger partial charge < -0.3 is 0 Å². The minimum Gasteiger partial charge on any atom is -0.206 e. The van der Waals surface area contributed by atoms with E-state index < -0.39 is 16.1 Å². The molecule has 0 radical (unpaired) electrons. The highest BCUT2D eigenvalue weighted by molar-refractivity contribution is 7.91. The number of aromatic nitrogens is 4. The quantitative estimate of drug-likeness (QED) is 0.849. The number of aromatic amines is 1. The van der Waals surface area contributed by atoms with E-state index in [4.69, 9.17) is 0 Å². The minimum atomic E-state index is -3.53. The smallest absolute Gasteiger partial charge is 0.206 e. The standard InChI is InChI=1S/C9H13N5O2S2/c1-3-7-4-5-8(17-7)18(15,16)12-6(2)9-10-13-14-11-9/h4-6,12H,3H2,1-2H3,(H,10,11,13,14). The summed E-state index contributed by atoms with van der Waals surface area (Å²) >= 11 is 1.26. The first-order chi connectivity index (χ1) is 8.53. The Labute approximate surface area is 109 Å². The van der Waals surface area contributed by atoms with Crippen LogP contribution in [-0.2, 0) is 16.4 Å². The Bertz CT molecular complexity index is 605. The van der Waals surface area contributed by atoms with E-state index in [1.54, 1.807) is 13.0 Å². The van der Waals surface area contributed by atoms with E-state index in [2.05, 4.69) is 25.3 Å². The van der Waals surface area contributed by atoms with Gasteiger partial charge in [-0.05, 0) is 25.5 Å². The average molecular weight is 287 g/mol. The molecule has 0 amide bonds. The summed E-state index contributed by atoms with van der Waals surface area (Å²) < 4.78 is 27.0. The molecule has 0 aliphatic rings. The second-order valence-electron chi connectivity index (χ2n) is 3.69. The van der Waals surface area contributed by atoms with Crippen molar-refractivity contribution >= 4 is 21.4 Å². The maximum Gasteiger partial charge on any atom is 0.250 e. The molecule has 98 valence electrons. The van der Waals surface area contributed by atoms with E-state index in [0.717, 1.165) is 11.3 Å². The van der Waals surface area contributed by atoms with Crippen LogP contribution in [0.5, 0.6) is 0 Å². The van der Waals surface area contributed by atoms with Crippen molar-refractivity contribution in [3.8, 4) is 0 Å². The van der Waals surface area contributed by atoms with Crippen molar-refractivity contribution in [1.29, 1.82) is 0 Å². The molecule has 0 aliphatic carbocycles. The van der Waals surface area contributed by atoms with Crippen LogP contribution in [0.25, 0.3) is 0 Å². The number of H-pyrrole nitrogens is 1. The van der Waals surface area contributed by atoms with Crippen LogP contribution in [0.2, 0.25) is 0 Å². The molecule has 18 heavy (non-hydrogen) atoms. The molecule has 0 aliphatic heterocycles. The lowest BCUT2D eigenvalue weighted by molar-refractivity contribution is 0.562. The van der Waals surface area contributed by atoms with Gasteiger partial charge in [0.05, 0.1) is 6.04 Å². The van der Waals surface area contributed by atoms with Gasteiger partial charge in [-0.15, -0.1) is 21.5 Å². The molecule has 0 spiro atoms. The summed E-state index contributed by atoms with van der Waals surface area (Å²) in [6.07, 6.45) is 0.820. The number of nitrogens with one attached hydrogen (secondary N) is 2. The highest BCUT2D eigenvalue weighted by Crippen LogP contribution is 2.23. The molecule has 2 heterocycles. The Morgan fingerprint density at radius 3 is 2.83 bits per heavy atom. The molecule has 1 unspecified atom stereocenters. The summed E-state index contributed by atoms with van der Waals surface area (Å²) in [6, 6.07) is 2.90. The zero-order valence-electron chi connectivity index (χ0n) is 9.91. The van der Waals surface area contributed by atoms with Crippen molar-refractivity contribution in [3.05, 3.63) is 22.8 Å². The molecule has 0 fully saturated rings. The van der Waals surface area contributed by atoms with Gasteiger partial charge in [0, 0.05) is 4.88 Å². The predicted octanol–water partition coefficient (Wildman–Crippen LogP) is 0.863. The second-order valence-corrected chi connectivity index (χ2v) is 6.80. The topological polar surface area (TPSA) is 101 Å². The zero-order valence-corrected chi connectivity index (χ0v) is 11.5. The third kappa shape index (κ3) is 2.74. The molecule has 0 aromatic carbocycles. The van der Waals surface area contributed by atoms with Gasteiger partial charge in [-0.3, -0.25) is 0 Å². The van der Waals surface area contributed by atoms with Crippen LogP contribution in [0.15, 0.2) is 16.3 Å². The molecule has 2 N–H and O–H groups in total. The first kappa shape index (κ1) is 13.1. The number of hydrogen-bond donors (Lipinski definition) is 2. The monoisotopic (exact) mass is 287 g/mol. The molecule has 2 aromatic rings. The fraction of sp³-hybridized carbons (Fsp3) is 0.444. The third-order valence-corrected chi connectivity index (χ3v) is 5.59. The third-order valence-electron chi connectivity index (χ3n) is 2.33. The zero-order chi connectivity index (χ0) is 13.2. The van der Waals surface area contributed by atoms with E-state index in [0.29, 0.717) is 10.0 Å². The van der Waals surface area contributed by atoms with E-state index in [1.165, 1.54) is 11.3 Å². The first-order valence-corrected chi connectivity index (χ1v) is 7.67. The maximum absolute atomic E-state index is 12.1. The summed E-state index contributed by atoms with van der Waals surface area (Å²) in [5, 5.41) is 13.2. The van der Waals surface area contributed by atoms with Crippen LogP contribution in [0.3, 0.4) is 0 Å². The molecule has 1 atom stereocenters. The van der Waals surface area contributed by atoms with Crippen LogP contribution in [0.4, 0.5) is 0 Å². The van der Waals surface area contributed by atoms with Crippen molar-refractivity contribution in [2.24, 2.45) is 0 Å². The van der Waals surface area contributed by atoms with E-state index in [9.17, 15) is 8.42 Å². The number of thiophene rings is 1. The van der Waals surface area contributed by atoms with E-state index in [1.807, 2.05) is 13.0 Å². The average Bonchev–Trinajstić information content (AvgIpc) is 3.00. The van der Waals surface area contributed by atoms with Gasteiger partial charge in [0.15, 0.2) is 5.82 Å². The molecule has 0 saturated carbocycles. The van der Waals surface area contributed by atoms with Crippen molar-refractivity contribution in [2.45, 2.75) is 30.5 Å². The number of aryl methyl sites for hydroxylation is 1. The van der Waals surface area contributed by atoms with Crippen LogP contribution in [-0.4, -0.2) is 29.0 Å². The lowest BCUT2D eigenvalue weighted by Gasteiger charge is -2.08. The van der Waals surface area contributed by atoms with Crippen LogP contribution in [0.1, 0.15) is 30.6 Å². The number of nitrogens with zero attached hydrogens (tertiary/aromatic N) is 3. The predicted molar refractivity (Wildman–Crippen MR) is 66.6 cm³/mol. The first-order valence-electron chi connectivity index (χ1n) is 5.37. The summed E-state index contributed by atoms with van der Waals surface area (Å²) in [5.41, 5.74) is 0. The summed E-state index contributed by atoms with van der Waals surface area (Å²) in [4.78, 5) is 1.03. The Kier molecular flexibility index (Phi) is 3.73. The lowest BCUT2D eigenvalue weighted by atomic mass is 10.4.